The number of hydrogen-bond donors (Lipinski definition) is 0. The molecule has 0 fully saturated rings. The Labute approximate surface area is 118 Å². The summed E-state index contributed by atoms with van der Waals surface area (Å²) in [7, 11) is 0. The van der Waals surface area contributed by atoms with Gasteiger partial charge in [0.05, 0.1) is 0 Å². The summed E-state index contributed by atoms with van der Waals surface area (Å²) in [5, 5.41) is 0. The zero-order chi connectivity index (χ0) is 14.1. The van der Waals surface area contributed by atoms with Crippen molar-refractivity contribution < 1.29 is 36.2 Å². The van der Waals surface area contributed by atoms with E-state index in [0.717, 1.165) is 5.56 Å². The van der Waals surface area contributed by atoms with Crippen molar-refractivity contribution in [2.75, 3.05) is 0 Å². The summed E-state index contributed by atoms with van der Waals surface area (Å²) in [5.74, 6) is 0.0776. The molecule has 0 aromatic heterocycles. The third kappa shape index (κ3) is 19.7. The van der Waals surface area contributed by atoms with Crippen LogP contribution in [-0.2, 0) is 36.2 Å². The Morgan fingerprint density at radius 2 is 1.33 bits per heavy atom. The molecule has 4 nitrogen and oxygen atoms in total. The first-order chi connectivity index (χ1) is 8.29. The molecular weight excluding hydrogens is 276 g/mol. The van der Waals surface area contributed by atoms with E-state index in [0.29, 0.717) is 0 Å². The van der Waals surface area contributed by atoms with Gasteiger partial charge in [0.1, 0.15) is 20.4 Å². The Morgan fingerprint density at radius 1 is 0.944 bits per heavy atom. The summed E-state index contributed by atoms with van der Waals surface area (Å²) in [4.78, 5) is 34.5. The molecule has 0 radical (unpaired) electrons. The van der Waals surface area contributed by atoms with E-state index >= 15 is 0 Å². The standard InChI is InChI=1S/C10H10O.3CH2O.Fe/c1-9(11)7-8-10-5-3-2-4-6-10;3*1-2;/h2-8H,1H3;3*1H2;. The second-order valence-electron chi connectivity index (χ2n) is 2.35. The maximum Gasteiger partial charge on any atom is 0.152 e. The van der Waals surface area contributed by atoms with Gasteiger partial charge in [0, 0.05) is 17.1 Å². The fourth-order valence-electron chi connectivity index (χ4n) is 0.778. The smallest absolute Gasteiger partial charge is 0.152 e. The minimum Gasteiger partial charge on any atom is -0.307 e. The van der Waals surface area contributed by atoms with Gasteiger partial charge in [-0.2, -0.15) is 0 Å². The van der Waals surface area contributed by atoms with Crippen LogP contribution in [0.2, 0.25) is 0 Å². The average Bonchev–Trinajstić information content (AvgIpc) is 2.44. The topological polar surface area (TPSA) is 68.3 Å². The molecule has 18 heavy (non-hydrogen) atoms. The normalized spacial score (nSPS) is 6.94. The van der Waals surface area contributed by atoms with E-state index in [1.54, 1.807) is 13.0 Å². The van der Waals surface area contributed by atoms with Gasteiger partial charge < -0.3 is 14.4 Å². The third-order valence-corrected chi connectivity index (χ3v) is 1.31. The van der Waals surface area contributed by atoms with E-state index in [1.165, 1.54) is 0 Å². The van der Waals surface area contributed by atoms with Crippen molar-refractivity contribution >= 4 is 32.2 Å². The van der Waals surface area contributed by atoms with Gasteiger partial charge in [0.15, 0.2) is 5.78 Å². The van der Waals surface area contributed by atoms with Gasteiger partial charge in [0.25, 0.3) is 0 Å². The van der Waals surface area contributed by atoms with E-state index < -0.39 is 0 Å². The number of benzene rings is 1. The monoisotopic (exact) mass is 292 g/mol. The Hall–Kier alpha value is -1.84. The maximum atomic E-state index is 10.5. The van der Waals surface area contributed by atoms with Crippen LogP contribution in [0.25, 0.3) is 6.08 Å². The van der Waals surface area contributed by atoms with Crippen LogP contribution in [0.5, 0.6) is 0 Å². The molecule has 0 atom stereocenters. The van der Waals surface area contributed by atoms with Gasteiger partial charge in [-0.1, -0.05) is 36.4 Å². The predicted octanol–water partition coefficient (Wildman–Crippen LogP) is 1.73. The van der Waals surface area contributed by atoms with Crippen LogP contribution in [0.3, 0.4) is 0 Å². The molecule has 1 aromatic carbocycles. The van der Waals surface area contributed by atoms with Gasteiger partial charge in [0.2, 0.25) is 0 Å². The van der Waals surface area contributed by atoms with Crippen LogP contribution in [0, 0.1) is 0 Å². The van der Waals surface area contributed by atoms with Crippen molar-refractivity contribution in [1.82, 2.24) is 0 Å². The summed E-state index contributed by atoms with van der Waals surface area (Å²) < 4.78 is 0. The predicted molar refractivity (Wildman–Crippen MR) is 67.5 cm³/mol. The van der Waals surface area contributed by atoms with Crippen LogP contribution < -0.4 is 0 Å². The number of carbonyl (C=O) groups excluding carboxylic acids is 4. The van der Waals surface area contributed by atoms with E-state index in [9.17, 15) is 4.79 Å². The Morgan fingerprint density at radius 3 is 1.67 bits per heavy atom. The molecule has 0 saturated carbocycles. The maximum absolute atomic E-state index is 10.5. The first-order valence-electron chi connectivity index (χ1n) is 4.39. The molecule has 0 heterocycles. The minimum atomic E-state index is 0. The molecule has 1 rings (SSSR count). The van der Waals surface area contributed by atoms with E-state index in [1.807, 2.05) is 56.8 Å². The van der Waals surface area contributed by atoms with Crippen LogP contribution in [0.4, 0.5) is 0 Å². The van der Waals surface area contributed by atoms with Crippen LogP contribution >= 0.6 is 0 Å². The number of ketones is 1. The molecule has 0 aliphatic heterocycles. The molecule has 0 bridgehead atoms. The fraction of sp³-hybridized carbons (Fsp3) is 0.0769. The Bertz CT molecular complexity index is 307. The molecule has 0 amide bonds. The van der Waals surface area contributed by atoms with Crippen molar-refractivity contribution in [3.63, 3.8) is 0 Å². The SMILES string of the molecule is C=O.C=O.C=O.CC(=O)C=Cc1ccccc1.[Fe]. The Kier molecular flexibility index (Phi) is 34.1. The molecule has 1 aromatic rings. The van der Waals surface area contributed by atoms with Crippen molar-refractivity contribution in [3.8, 4) is 0 Å². The van der Waals surface area contributed by atoms with Gasteiger partial charge in [-0.3, -0.25) is 4.79 Å². The van der Waals surface area contributed by atoms with E-state index in [4.69, 9.17) is 14.4 Å². The number of rotatable bonds is 2. The molecule has 0 unspecified atom stereocenters. The molecule has 100 valence electrons. The number of hydrogen-bond acceptors (Lipinski definition) is 4. The Balaban J connectivity index is -0.000000123. The van der Waals surface area contributed by atoms with Crippen LogP contribution in [-0.4, -0.2) is 26.2 Å². The van der Waals surface area contributed by atoms with Crippen LogP contribution in [0.1, 0.15) is 12.5 Å². The molecule has 0 spiro atoms. The summed E-state index contributed by atoms with van der Waals surface area (Å²) in [5.41, 5.74) is 1.06. The molecule has 0 aliphatic rings. The third-order valence-electron chi connectivity index (χ3n) is 1.31. The molecule has 0 aliphatic carbocycles. The second-order valence-corrected chi connectivity index (χ2v) is 2.35. The summed E-state index contributed by atoms with van der Waals surface area (Å²) in [6.45, 7) is 7.54. The largest absolute Gasteiger partial charge is 0.307 e. The summed E-state index contributed by atoms with van der Waals surface area (Å²) in [6, 6.07) is 9.75. The zero-order valence-corrected chi connectivity index (χ0v) is 11.3. The second kappa shape index (κ2) is 24.4. The van der Waals surface area contributed by atoms with Crippen molar-refractivity contribution in [3.05, 3.63) is 42.0 Å². The first kappa shape index (κ1) is 25.1. The molecule has 5 heteroatoms. The quantitative estimate of drug-likeness (QED) is 0.615. The van der Waals surface area contributed by atoms with Gasteiger partial charge in [-0.05, 0) is 18.6 Å². The molecule has 0 N–H and O–H groups in total. The van der Waals surface area contributed by atoms with Crippen molar-refractivity contribution in [2.45, 2.75) is 6.92 Å². The van der Waals surface area contributed by atoms with Crippen molar-refractivity contribution in [1.29, 1.82) is 0 Å². The number of allylic oxidation sites excluding steroid dienone is 1. The molecule has 0 saturated heterocycles. The van der Waals surface area contributed by atoms with Gasteiger partial charge in [-0.25, -0.2) is 0 Å². The summed E-state index contributed by atoms with van der Waals surface area (Å²) in [6.07, 6.45) is 3.37. The first-order valence-corrected chi connectivity index (χ1v) is 4.39. The fourth-order valence-corrected chi connectivity index (χ4v) is 0.778. The number of carbonyl (C=O) groups is 4. The van der Waals surface area contributed by atoms with Gasteiger partial charge >= 0.3 is 0 Å². The van der Waals surface area contributed by atoms with Crippen molar-refractivity contribution in [2.24, 2.45) is 0 Å². The minimum absolute atomic E-state index is 0. The van der Waals surface area contributed by atoms with E-state index in [2.05, 4.69) is 0 Å². The van der Waals surface area contributed by atoms with Gasteiger partial charge in [-0.15, -0.1) is 0 Å². The zero-order valence-electron chi connectivity index (χ0n) is 10.1. The molecular formula is C13H16FeO4. The summed E-state index contributed by atoms with van der Waals surface area (Å²) >= 11 is 0. The van der Waals surface area contributed by atoms with Crippen LogP contribution in [0.15, 0.2) is 36.4 Å². The van der Waals surface area contributed by atoms with E-state index in [-0.39, 0.29) is 22.9 Å². The average molecular weight is 292 g/mol.